The van der Waals surface area contributed by atoms with Gasteiger partial charge in [-0.2, -0.15) is 4.98 Å². The number of nitrogens with one attached hydrogen (secondary N) is 2. The van der Waals surface area contributed by atoms with E-state index in [1.807, 2.05) is 18.7 Å². The number of nitrogens with zero attached hydrogens (tertiary/aromatic N) is 3. The summed E-state index contributed by atoms with van der Waals surface area (Å²) in [6.07, 6.45) is 7.18. The molecule has 2 heterocycles. The van der Waals surface area contributed by atoms with Gasteiger partial charge in [-0.1, -0.05) is 0 Å². The van der Waals surface area contributed by atoms with E-state index in [4.69, 9.17) is 5.73 Å². The molecular weight excluding hydrogens is 344 g/mol. The van der Waals surface area contributed by atoms with E-state index in [-0.39, 0.29) is 18.0 Å². The predicted molar refractivity (Wildman–Crippen MR) is 104 cm³/mol. The molecule has 0 unspecified atom stereocenters. The average molecular weight is 374 g/mol. The minimum Gasteiger partial charge on any atom is -0.367 e. The molecule has 0 bridgehead atoms. The highest BCUT2D eigenvalue weighted by molar-refractivity contribution is 5.97. The van der Waals surface area contributed by atoms with Crippen molar-refractivity contribution < 1.29 is 9.59 Å². The Hall–Kier alpha value is -2.38. The fourth-order valence-corrected chi connectivity index (χ4v) is 3.87. The van der Waals surface area contributed by atoms with Gasteiger partial charge in [-0.3, -0.25) is 9.59 Å². The molecule has 8 heteroatoms. The first kappa shape index (κ1) is 19.4. The van der Waals surface area contributed by atoms with Crippen molar-refractivity contribution in [2.45, 2.75) is 64.5 Å². The molecule has 1 saturated heterocycles. The van der Waals surface area contributed by atoms with E-state index in [0.29, 0.717) is 23.2 Å². The summed E-state index contributed by atoms with van der Waals surface area (Å²) in [4.78, 5) is 34.9. The summed E-state index contributed by atoms with van der Waals surface area (Å²) in [6, 6.07) is 0.358. The van der Waals surface area contributed by atoms with Gasteiger partial charge >= 0.3 is 0 Å². The lowest BCUT2D eigenvalue weighted by Crippen LogP contribution is -2.38. The number of hydrogen-bond acceptors (Lipinski definition) is 6. The minimum atomic E-state index is -0.550. The van der Waals surface area contributed by atoms with Gasteiger partial charge in [0.25, 0.3) is 5.91 Å². The zero-order valence-corrected chi connectivity index (χ0v) is 16.2. The van der Waals surface area contributed by atoms with Gasteiger partial charge in [0.2, 0.25) is 11.9 Å². The number of nitrogens with two attached hydrogens (primary N) is 1. The van der Waals surface area contributed by atoms with Crippen LogP contribution < -0.4 is 16.4 Å². The third-order valence-electron chi connectivity index (χ3n) is 5.31. The number of likely N-dealkylation sites (tertiary alicyclic amines) is 1. The minimum absolute atomic E-state index is 0.125. The zero-order chi connectivity index (χ0) is 19.4. The summed E-state index contributed by atoms with van der Waals surface area (Å²) in [5.41, 5.74) is 5.76. The van der Waals surface area contributed by atoms with Crippen LogP contribution >= 0.6 is 0 Å². The van der Waals surface area contributed by atoms with Crippen molar-refractivity contribution >= 4 is 23.6 Å². The third-order valence-corrected chi connectivity index (χ3v) is 5.31. The Morgan fingerprint density at radius 2 is 1.85 bits per heavy atom. The Bertz CT molecular complexity index is 679. The van der Waals surface area contributed by atoms with Crippen molar-refractivity contribution in [3.63, 3.8) is 0 Å². The van der Waals surface area contributed by atoms with Gasteiger partial charge in [0, 0.05) is 37.3 Å². The molecule has 4 N–H and O–H groups in total. The van der Waals surface area contributed by atoms with E-state index in [0.717, 1.165) is 51.6 Å². The van der Waals surface area contributed by atoms with E-state index >= 15 is 0 Å². The van der Waals surface area contributed by atoms with Crippen molar-refractivity contribution in [2.24, 2.45) is 11.7 Å². The van der Waals surface area contributed by atoms with Crippen molar-refractivity contribution in [2.75, 3.05) is 23.7 Å². The Balaban J connectivity index is 1.62. The second-order valence-corrected chi connectivity index (χ2v) is 7.84. The quantitative estimate of drug-likeness (QED) is 0.702. The first-order valence-corrected chi connectivity index (χ1v) is 9.92. The molecule has 0 atom stereocenters. The fourth-order valence-electron chi connectivity index (χ4n) is 3.87. The normalized spacial score (nSPS) is 22.7. The van der Waals surface area contributed by atoms with Crippen molar-refractivity contribution in [1.82, 2.24) is 14.9 Å². The summed E-state index contributed by atoms with van der Waals surface area (Å²) in [6.45, 7) is 5.81. The Kier molecular flexibility index (Phi) is 6.13. The van der Waals surface area contributed by atoms with Crippen LogP contribution in [-0.2, 0) is 4.79 Å². The van der Waals surface area contributed by atoms with Crippen LogP contribution in [0.1, 0.15) is 62.7 Å². The lowest BCUT2D eigenvalue weighted by atomic mass is 9.85. The molecule has 3 rings (SSSR count). The summed E-state index contributed by atoms with van der Waals surface area (Å²) in [5.74, 6) is 0.825. The SMILES string of the molecule is CC(C)Nc1ncc(C(N)=O)c(NC2CCC(C(=O)N3CCCC3)CC2)n1. The third kappa shape index (κ3) is 4.87. The van der Waals surface area contributed by atoms with Crippen LogP contribution in [0.5, 0.6) is 0 Å². The molecule has 27 heavy (non-hydrogen) atoms. The highest BCUT2D eigenvalue weighted by Gasteiger charge is 2.31. The number of rotatable bonds is 6. The van der Waals surface area contributed by atoms with Crippen LogP contribution in [0.15, 0.2) is 6.20 Å². The molecule has 1 aromatic rings. The standard InChI is InChI=1S/C19H30N6O2/c1-12(2)22-19-21-11-15(16(20)26)17(24-19)23-14-7-5-13(6-8-14)18(27)25-9-3-4-10-25/h11-14H,3-10H2,1-2H3,(H2,20,26)(H2,21,22,23,24). The number of anilines is 2. The topological polar surface area (TPSA) is 113 Å². The number of carbonyl (C=O) groups is 2. The van der Waals surface area contributed by atoms with E-state index < -0.39 is 5.91 Å². The molecule has 0 spiro atoms. The van der Waals surface area contributed by atoms with Gasteiger partial charge in [0.05, 0.1) is 5.56 Å². The Labute approximate surface area is 160 Å². The molecule has 148 valence electrons. The van der Waals surface area contributed by atoms with Crippen LogP contribution in [-0.4, -0.2) is 51.9 Å². The van der Waals surface area contributed by atoms with Gasteiger partial charge in [0.15, 0.2) is 0 Å². The lowest BCUT2D eigenvalue weighted by molar-refractivity contribution is -0.135. The van der Waals surface area contributed by atoms with E-state index in [1.54, 1.807) is 0 Å². The van der Waals surface area contributed by atoms with E-state index in [1.165, 1.54) is 6.20 Å². The predicted octanol–water partition coefficient (Wildman–Crippen LogP) is 1.99. The second kappa shape index (κ2) is 8.54. The molecule has 0 radical (unpaired) electrons. The molecule has 1 aliphatic carbocycles. The van der Waals surface area contributed by atoms with Gasteiger partial charge in [-0.25, -0.2) is 4.98 Å². The molecular formula is C19H30N6O2. The molecule has 1 saturated carbocycles. The molecule has 8 nitrogen and oxygen atoms in total. The summed E-state index contributed by atoms with van der Waals surface area (Å²) in [5, 5.41) is 6.49. The maximum atomic E-state index is 12.6. The average Bonchev–Trinajstić information content (AvgIpc) is 3.16. The Morgan fingerprint density at radius 1 is 1.19 bits per heavy atom. The van der Waals surface area contributed by atoms with Crippen LogP contribution in [0.2, 0.25) is 0 Å². The van der Waals surface area contributed by atoms with Gasteiger partial charge < -0.3 is 21.3 Å². The first-order valence-electron chi connectivity index (χ1n) is 9.92. The maximum absolute atomic E-state index is 12.6. The molecule has 1 aliphatic heterocycles. The van der Waals surface area contributed by atoms with Gasteiger partial charge in [-0.05, 0) is 52.4 Å². The first-order chi connectivity index (χ1) is 12.9. The summed E-state index contributed by atoms with van der Waals surface area (Å²) < 4.78 is 0. The number of aromatic nitrogens is 2. The monoisotopic (exact) mass is 374 g/mol. The number of hydrogen-bond donors (Lipinski definition) is 3. The molecule has 2 fully saturated rings. The number of primary amides is 1. The van der Waals surface area contributed by atoms with Gasteiger partial charge in [0.1, 0.15) is 5.82 Å². The summed E-state index contributed by atoms with van der Waals surface area (Å²) in [7, 11) is 0. The zero-order valence-electron chi connectivity index (χ0n) is 16.2. The van der Waals surface area contributed by atoms with Crippen LogP contribution in [0.3, 0.4) is 0 Å². The van der Waals surface area contributed by atoms with Crippen molar-refractivity contribution in [3.8, 4) is 0 Å². The number of amides is 2. The maximum Gasteiger partial charge on any atom is 0.254 e. The highest BCUT2D eigenvalue weighted by atomic mass is 16.2. The lowest BCUT2D eigenvalue weighted by Gasteiger charge is -2.31. The highest BCUT2D eigenvalue weighted by Crippen LogP contribution is 2.29. The van der Waals surface area contributed by atoms with Crippen LogP contribution in [0.25, 0.3) is 0 Å². The molecule has 0 aromatic carbocycles. The summed E-state index contributed by atoms with van der Waals surface area (Å²) >= 11 is 0. The van der Waals surface area contributed by atoms with E-state index in [2.05, 4.69) is 20.6 Å². The van der Waals surface area contributed by atoms with Crippen LogP contribution in [0, 0.1) is 5.92 Å². The molecule has 2 amide bonds. The molecule has 1 aromatic heterocycles. The largest absolute Gasteiger partial charge is 0.367 e. The van der Waals surface area contributed by atoms with Crippen molar-refractivity contribution in [1.29, 1.82) is 0 Å². The fraction of sp³-hybridized carbons (Fsp3) is 0.684. The number of carbonyl (C=O) groups excluding carboxylic acids is 2. The smallest absolute Gasteiger partial charge is 0.254 e. The van der Waals surface area contributed by atoms with Gasteiger partial charge in [-0.15, -0.1) is 0 Å². The Morgan fingerprint density at radius 3 is 2.44 bits per heavy atom. The molecule has 2 aliphatic rings. The second-order valence-electron chi connectivity index (χ2n) is 7.84. The van der Waals surface area contributed by atoms with Crippen LogP contribution in [0.4, 0.5) is 11.8 Å². The van der Waals surface area contributed by atoms with E-state index in [9.17, 15) is 9.59 Å². The van der Waals surface area contributed by atoms with Crippen molar-refractivity contribution in [3.05, 3.63) is 11.8 Å².